The van der Waals surface area contributed by atoms with E-state index in [1.165, 1.54) is 0 Å². The lowest BCUT2D eigenvalue weighted by Crippen LogP contribution is -2.14. The lowest BCUT2D eigenvalue weighted by Gasteiger charge is -2.06. The molecule has 0 atom stereocenters. The van der Waals surface area contributed by atoms with Gasteiger partial charge in [-0.15, -0.1) is 0 Å². The molecular formula is C13H12ClN3O. The summed E-state index contributed by atoms with van der Waals surface area (Å²) in [6.07, 6.45) is 1.58. The molecule has 0 aliphatic rings. The molecule has 0 fully saturated rings. The number of nitrogens with one attached hydrogen (secondary N) is 1. The van der Waals surface area contributed by atoms with Crippen LogP contribution in [0.15, 0.2) is 42.6 Å². The van der Waals surface area contributed by atoms with Crippen LogP contribution in [0.4, 0.5) is 5.69 Å². The number of rotatable bonds is 3. The van der Waals surface area contributed by atoms with Crippen molar-refractivity contribution in [3.63, 3.8) is 0 Å². The van der Waals surface area contributed by atoms with E-state index in [-0.39, 0.29) is 5.91 Å². The van der Waals surface area contributed by atoms with Crippen LogP contribution in [-0.2, 0) is 6.54 Å². The van der Waals surface area contributed by atoms with Crippen LogP contribution in [-0.4, -0.2) is 10.9 Å². The number of hydrogen-bond acceptors (Lipinski definition) is 3. The molecule has 1 aromatic carbocycles. The van der Waals surface area contributed by atoms with Crippen molar-refractivity contribution in [3.8, 4) is 0 Å². The zero-order valence-electron chi connectivity index (χ0n) is 9.56. The molecule has 0 radical (unpaired) electrons. The van der Waals surface area contributed by atoms with E-state index in [0.29, 0.717) is 22.9 Å². The van der Waals surface area contributed by atoms with Crippen LogP contribution in [0.5, 0.6) is 0 Å². The zero-order valence-corrected chi connectivity index (χ0v) is 10.3. The first-order chi connectivity index (χ1) is 8.70. The molecule has 0 saturated carbocycles. The maximum absolute atomic E-state index is 11.9. The van der Waals surface area contributed by atoms with Gasteiger partial charge in [-0.2, -0.15) is 0 Å². The number of carbonyl (C=O) groups excluding carboxylic acids is 1. The van der Waals surface area contributed by atoms with E-state index >= 15 is 0 Å². The molecule has 0 unspecified atom stereocenters. The van der Waals surface area contributed by atoms with E-state index in [9.17, 15) is 4.79 Å². The highest BCUT2D eigenvalue weighted by atomic mass is 35.5. The average Bonchev–Trinajstić information content (AvgIpc) is 2.41. The van der Waals surface area contributed by atoms with E-state index in [0.717, 1.165) is 5.56 Å². The Morgan fingerprint density at radius 2 is 2.06 bits per heavy atom. The van der Waals surface area contributed by atoms with E-state index in [1.807, 2.05) is 0 Å². The maximum atomic E-state index is 11.9. The van der Waals surface area contributed by atoms with Gasteiger partial charge < -0.3 is 11.1 Å². The minimum absolute atomic E-state index is 0.299. The van der Waals surface area contributed by atoms with Gasteiger partial charge in [-0.25, -0.2) is 0 Å². The summed E-state index contributed by atoms with van der Waals surface area (Å²) in [4.78, 5) is 15.9. The Balaban J connectivity index is 2.14. The predicted octanol–water partition coefficient (Wildman–Crippen LogP) is 2.45. The minimum Gasteiger partial charge on any atom is -0.326 e. The lowest BCUT2D eigenvalue weighted by molar-refractivity contribution is 0.102. The number of amides is 1. The summed E-state index contributed by atoms with van der Waals surface area (Å²) in [5.41, 5.74) is 7.23. The number of anilines is 1. The summed E-state index contributed by atoms with van der Waals surface area (Å²) in [5, 5.41) is 3.19. The largest absolute Gasteiger partial charge is 0.326 e. The Labute approximate surface area is 110 Å². The number of pyridine rings is 1. The first kappa shape index (κ1) is 12.5. The summed E-state index contributed by atoms with van der Waals surface area (Å²) >= 11 is 5.95. The summed E-state index contributed by atoms with van der Waals surface area (Å²) in [6.45, 7) is 0.402. The Hall–Kier alpha value is -1.91. The standard InChI is InChI=1S/C13H12ClN3O/c14-10-3-1-2-4-11(10)17-13(18)12-6-5-9(7-15)8-16-12/h1-6,8H,7,15H2,(H,17,18). The molecule has 0 aliphatic heterocycles. The maximum Gasteiger partial charge on any atom is 0.274 e. The third kappa shape index (κ3) is 2.85. The van der Waals surface area contributed by atoms with E-state index < -0.39 is 0 Å². The first-order valence-electron chi connectivity index (χ1n) is 5.41. The van der Waals surface area contributed by atoms with Crippen molar-refractivity contribution in [3.05, 3.63) is 58.9 Å². The molecule has 1 aromatic heterocycles. The van der Waals surface area contributed by atoms with Crippen molar-refractivity contribution in [2.45, 2.75) is 6.54 Å². The molecule has 2 rings (SSSR count). The van der Waals surface area contributed by atoms with Gasteiger partial charge in [0.1, 0.15) is 5.69 Å². The smallest absolute Gasteiger partial charge is 0.274 e. The second-order valence-electron chi connectivity index (χ2n) is 3.69. The molecule has 0 bridgehead atoms. The highest BCUT2D eigenvalue weighted by molar-refractivity contribution is 6.33. The molecule has 0 spiro atoms. The van der Waals surface area contributed by atoms with Gasteiger partial charge in [0, 0.05) is 12.7 Å². The molecule has 0 aliphatic carbocycles. The molecule has 0 saturated heterocycles. The Morgan fingerprint density at radius 3 is 2.67 bits per heavy atom. The Bertz CT molecular complexity index is 554. The number of nitrogens with two attached hydrogens (primary N) is 1. The molecule has 5 heteroatoms. The number of carbonyl (C=O) groups is 1. The highest BCUT2D eigenvalue weighted by Crippen LogP contribution is 2.20. The average molecular weight is 262 g/mol. The fourth-order valence-corrected chi connectivity index (χ4v) is 1.61. The minimum atomic E-state index is -0.299. The third-order valence-electron chi connectivity index (χ3n) is 2.42. The van der Waals surface area contributed by atoms with Crippen LogP contribution < -0.4 is 11.1 Å². The van der Waals surface area contributed by atoms with Crippen molar-refractivity contribution < 1.29 is 4.79 Å². The van der Waals surface area contributed by atoms with Crippen molar-refractivity contribution in [2.24, 2.45) is 5.73 Å². The van der Waals surface area contributed by atoms with Gasteiger partial charge in [0.2, 0.25) is 0 Å². The van der Waals surface area contributed by atoms with Crippen molar-refractivity contribution >= 4 is 23.2 Å². The van der Waals surface area contributed by atoms with Crippen LogP contribution in [0.2, 0.25) is 5.02 Å². The van der Waals surface area contributed by atoms with Crippen LogP contribution in [0.25, 0.3) is 0 Å². The van der Waals surface area contributed by atoms with E-state index in [2.05, 4.69) is 10.3 Å². The first-order valence-corrected chi connectivity index (χ1v) is 5.79. The summed E-state index contributed by atoms with van der Waals surface area (Å²) in [6, 6.07) is 10.4. The normalized spacial score (nSPS) is 10.1. The van der Waals surface area contributed by atoms with Gasteiger partial charge in [-0.3, -0.25) is 9.78 Å². The van der Waals surface area contributed by atoms with Crippen molar-refractivity contribution in [2.75, 3.05) is 5.32 Å². The second kappa shape index (κ2) is 5.62. The van der Waals surface area contributed by atoms with Crippen LogP contribution >= 0.6 is 11.6 Å². The van der Waals surface area contributed by atoms with Gasteiger partial charge in [0.25, 0.3) is 5.91 Å². The number of nitrogens with zero attached hydrogens (tertiary/aromatic N) is 1. The van der Waals surface area contributed by atoms with Crippen LogP contribution in [0, 0.1) is 0 Å². The number of aromatic nitrogens is 1. The lowest BCUT2D eigenvalue weighted by atomic mass is 10.2. The molecule has 2 aromatic rings. The van der Waals surface area contributed by atoms with Gasteiger partial charge in [-0.05, 0) is 23.8 Å². The van der Waals surface area contributed by atoms with Crippen LogP contribution in [0.3, 0.4) is 0 Å². The second-order valence-corrected chi connectivity index (χ2v) is 4.10. The molecule has 18 heavy (non-hydrogen) atoms. The zero-order chi connectivity index (χ0) is 13.0. The van der Waals surface area contributed by atoms with Crippen molar-refractivity contribution in [1.29, 1.82) is 0 Å². The predicted molar refractivity (Wildman–Crippen MR) is 71.5 cm³/mol. The fraction of sp³-hybridized carbons (Fsp3) is 0.0769. The monoisotopic (exact) mass is 261 g/mol. The quantitative estimate of drug-likeness (QED) is 0.892. The van der Waals surface area contributed by atoms with Gasteiger partial charge >= 0.3 is 0 Å². The SMILES string of the molecule is NCc1ccc(C(=O)Nc2ccccc2Cl)nc1. The molecule has 4 nitrogen and oxygen atoms in total. The third-order valence-corrected chi connectivity index (χ3v) is 2.74. The van der Waals surface area contributed by atoms with E-state index in [4.69, 9.17) is 17.3 Å². The van der Waals surface area contributed by atoms with Gasteiger partial charge in [0.15, 0.2) is 0 Å². The van der Waals surface area contributed by atoms with Gasteiger partial charge in [0.05, 0.1) is 10.7 Å². The molecule has 92 valence electrons. The fourth-order valence-electron chi connectivity index (χ4n) is 1.43. The Kier molecular flexibility index (Phi) is 3.92. The number of benzene rings is 1. The summed E-state index contributed by atoms with van der Waals surface area (Å²) < 4.78 is 0. The number of halogens is 1. The number of hydrogen-bond donors (Lipinski definition) is 2. The number of para-hydroxylation sites is 1. The van der Waals surface area contributed by atoms with Crippen molar-refractivity contribution in [1.82, 2.24) is 4.98 Å². The molecule has 1 amide bonds. The Morgan fingerprint density at radius 1 is 1.28 bits per heavy atom. The molecule has 3 N–H and O–H groups in total. The van der Waals surface area contributed by atoms with E-state index in [1.54, 1.807) is 42.6 Å². The molecular weight excluding hydrogens is 250 g/mol. The van der Waals surface area contributed by atoms with Crippen LogP contribution in [0.1, 0.15) is 16.1 Å². The summed E-state index contributed by atoms with van der Waals surface area (Å²) in [5.74, 6) is -0.299. The topological polar surface area (TPSA) is 68.0 Å². The molecule has 1 heterocycles. The highest BCUT2D eigenvalue weighted by Gasteiger charge is 2.09. The summed E-state index contributed by atoms with van der Waals surface area (Å²) in [7, 11) is 0. The van der Waals surface area contributed by atoms with Gasteiger partial charge in [-0.1, -0.05) is 29.8 Å².